The van der Waals surface area contributed by atoms with E-state index in [0.29, 0.717) is 12.5 Å². The van der Waals surface area contributed by atoms with Crippen LogP contribution in [0.5, 0.6) is 0 Å². The molecule has 1 unspecified atom stereocenters. The van der Waals surface area contributed by atoms with Gasteiger partial charge in [-0.1, -0.05) is 0 Å². The van der Waals surface area contributed by atoms with Crippen molar-refractivity contribution in [2.75, 3.05) is 18.4 Å². The van der Waals surface area contributed by atoms with Crippen molar-refractivity contribution >= 4 is 28.0 Å². The predicted molar refractivity (Wildman–Crippen MR) is 88.8 cm³/mol. The molecule has 1 aromatic rings. The molecule has 0 saturated carbocycles. The Labute approximate surface area is 139 Å². The lowest BCUT2D eigenvalue weighted by Gasteiger charge is -2.36. The zero-order valence-electron chi connectivity index (χ0n) is 13.3. The molecule has 0 radical (unpaired) electrons. The molecule has 1 amide bonds. The van der Waals surface area contributed by atoms with E-state index in [9.17, 15) is 4.79 Å². The highest BCUT2D eigenvalue weighted by atomic mass is 79.9. The Bertz CT molecular complexity index is 501. The molecule has 1 fully saturated rings. The zero-order valence-corrected chi connectivity index (χ0v) is 14.9. The maximum atomic E-state index is 12.3. The number of nitrogens with zero attached hydrogens (tertiary/aromatic N) is 3. The number of likely N-dealkylation sites (tertiary alicyclic amines) is 1. The molecular formula is C15H23BrN4O2. The number of amides is 1. The summed E-state index contributed by atoms with van der Waals surface area (Å²) in [6, 6.07) is 0.107. The Morgan fingerprint density at radius 1 is 1.41 bits per heavy atom. The number of halogens is 1. The van der Waals surface area contributed by atoms with Crippen LogP contribution in [0.1, 0.15) is 40.0 Å². The van der Waals surface area contributed by atoms with E-state index in [4.69, 9.17) is 4.74 Å². The number of nitrogens with one attached hydrogen (secondary N) is 1. The van der Waals surface area contributed by atoms with Crippen molar-refractivity contribution < 1.29 is 9.53 Å². The summed E-state index contributed by atoms with van der Waals surface area (Å²) in [4.78, 5) is 22.5. The van der Waals surface area contributed by atoms with Gasteiger partial charge in [-0.3, -0.25) is 0 Å². The third kappa shape index (κ3) is 5.12. The molecule has 122 valence electrons. The predicted octanol–water partition coefficient (Wildman–Crippen LogP) is 3.44. The molecule has 7 heteroatoms. The first-order valence-electron chi connectivity index (χ1n) is 7.56. The highest BCUT2D eigenvalue weighted by Gasteiger charge is 2.30. The van der Waals surface area contributed by atoms with Gasteiger partial charge in [0.05, 0.1) is 10.5 Å². The van der Waals surface area contributed by atoms with E-state index < -0.39 is 5.60 Å². The number of carbonyl (C=O) groups excluding carboxylic acids is 1. The highest BCUT2D eigenvalue weighted by Crippen LogP contribution is 2.20. The highest BCUT2D eigenvalue weighted by molar-refractivity contribution is 9.10. The molecule has 1 saturated heterocycles. The number of rotatable bonds is 3. The number of aromatic nitrogens is 2. The molecular weight excluding hydrogens is 348 g/mol. The van der Waals surface area contributed by atoms with Gasteiger partial charge >= 0.3 is 6.09 Å². The smallest absolute Gasteiger partial charge is 0.410 e. The lowest BCUT2D eigenvalue weighted by atomic mass is 10.0. The second-order valence-corrected chi connectivity index (χ2v) is 7.34. The van der Waals surface area contributed by atoms with Crippen molar-refractivity contribution in [1.29, 1.82) is 0 Å². The van der Waals surface area contributed by atoms with E-state index in [1.807, 2.05) is 25.7 Å². The monoisotopic (exact) mass is 370 g/mol. The minimum absolute atomic E-state index is 0.107. The van der Waals surface area contributed by atoms with Gasteiger partial charge in [0.25, 0.3) is 0 Å². The first kappa shape index (κ1) is 17.0. The molecule has 2 heterocycles. The van der Waals surface area contributed by atoms with Crippen LogP contribution in [0, 0.1) is 0 Å². The molecule has 6 nitrogen and oxygen atoms in total. The number of hydrogen-bond acceptors (Lipinski definition) is 5. The summed E-state index contributed by atoms with van der Waals surface area (Å²) in [6.07, 6.45) is 6.25. The third-order valence-corrected chi connectivity index (χ3v) is 3.78. The Balaban J connectivity index is 1.94. The molecule has 1 aromatic heterocycles. The number of hydrogen-bond donors (Lipinski definition) is 1. The summed E-state index contributed by atoms with van der Waals surface area (Å²) in [5.74, 6) is 0.568. The van der Waals surface area contributed by atoms with Gasteiger partial charge in [-0.05, 0) is 56.0 Å². The topological polar surface area (TPSA) is 67.3 Å². The van der Waals surface area contributed by atoms with Gasteiger partial charge in [-0.25, -0.2) is 14.8 Å². The Kier molecular flexibility index (Phi) is 5.61. The van der Waals surface area contributed by atoms with Crippen molar-refractivity contribution in [2.24, 2.45) is 0 Å². The maximum absolute atomic E-state index is 12.3. The van der Waals surface area contributed by atoms with E-state index in [1.165, 1.54) is 0 Å². The maximum Gasteiger partial charge on any atom is 0.410 e. The minimum atomic E-state index is -0.471. The fourth-order valence-electron chi connectivity index (χ4n) is 2.39. The van der Waals surface area contributed by atoms with Crippen LogP contribution in [0.2, 0.25) is 0 Å². The van der Waals surface area contributed by atoms with Crippen molar-refractivity contribution in [3.05, 3.63) is 16.9 Å². The Hall–Kier alpha value is -1.37. The summed E-state index contributed by atoms with van der Waals surface area (Å²) in [7, 11) is 0. The van der Waals surface area contributed by atoms with Crippen LogP contribution in [0.3, 0.4) is 0 Å². The standard InChI is InChI=1S/C15H23BrN4O2/c1-15(2,3)22-14(21)20-7-5-4-6-12(20)10-19-13-17-8-11(16)9-18-13/h8-9,12H,4-7,10H2,1-3H3,(H,17,18,19). The quantitative estimate of drug-likeness (QED) is 0.882. The average molecular weight is 371 g/mol. The number of piperidine rings is 1. The molecule has 1 N–H and O–H groups in total. The molecule has 1 aliphatic rings. The first-order chi connectivity index (χ1) is 10.3. The van der Waals surface area contributed by atoms with Crippen LogP contribution in [0.4, 0.5) is 10.7 Å². The SMILES string of the molecule is CC(C)(C)OC(=O)N1CCCCC1CNc1ncc(Br)cn1. The van der Waals surface area contributed by atoms with Crippen molar-refractivity contribution in [1.82, 2.24) is 14.9 Å². The Morgan fingerprint density at radius 3 is 2.73 bits per heavy atom. The normalized spacial score (nSPS) is 18.9. The molecule has 0 aliphatic carbocycles. The van der Waals surface area contributed by atoms with Crippen molar-refractivity contribution in [2.45, 2.75) is 51.7 Å². The third-order valence-electron chi connectivity index (χ3n) is 3.37. The lowest BCUT2D eigenvalue weighted by Crippen LogP contribution is -2.49. The largest absolute Gasteiger partial charge is 0.444 e. The van der Waals surface area contributed by atoms with Crippen LogP contribution in [-0.4, -0.2) is 45.7 Å². The number of anilines is 1. The van der Waals surface area contributed by atoms with Crippen molar-refractivity contribution in [3.8, 4) is 0 Å². The lowest BCUT2D eigenvalue weighted by molar-refractivity contribution is 0.0114. The summed E-state index contributed by atoms with van der Waals surface area (Å²) in [5.41, 5.74) is -0.471. The summed E-state index contributed by atoms with van der Waals surface area (Å²) in [5, 5.41) is 3.20. The molecule has 1 aliphatic heterocycles. The number of ether oxygens (including phenoxy) is 1. The van der Waals surface area contributed by atoms with Crippen LogP contribution >= 0.6 is 15.9 Å². The second-order valence-electron chi connectivity index (χ2n) is 6.43. The van der Waals surface area contributed by atoms with Gasteiger partial charge in [0, 0.05) is 25.5 Å². The van der Waals surface area contributed by atoms with Crippen LogP contribution in [-0.2, 0) is 4.74 Å². The van der Waals surface area contributed by atoms with Gasteiger partial charge in [0.1, 0.15) is 5.60 Å². The van der Waals surface area contributed by atoms with Gasteiger partial charge in [0.2, 0.25) is 5.95 Å². The summed E-state index contributed by atoms with van der Waals surface area (Å²) < 4.78 is 6.34. The molecule has 22 heavy (non-hydrogen) atoms. The van der Waals surface area contributed by atoms with Gasteiger partial charge < -0.3 is 15.0 Å². The fourth-order valence-corrected chi connectivity index (χ4v) is 2.59. The molecule has 0 aromatic carbocycles. The van der Waals surface area contributed by atoms with Gasteiger partial charge in [-0.15, -0.1) is 0 Å². The molecule has 0 spiro atoms. The fraction of sp³-hybridized carbons (Fsp3) is 0.667. The minimum Gasteiger partial charge on any atom is -0.444 e. The second kappa shape index (κ2) is 7.26. The van der Waals surface area contributed by atoms with Gasteiger partial charge in [0.15, 0.2) is 0 Å². The number of carbonyl (C=O) groups is 1. The van der Waals surface area contributed by atoms with Crippen molar-refractivity contribution in [3.63, 3.8) is 0 Å². The molecule has 0 bridgehead atoms. The van der Waals surface area contributed by atoms with E-state index in [-0.39, 0.29) is 12.1 Å². The first-order valence-corrected chi connectivity index (χ1v) is 8.35. The van der Waals surface area contributed by atoms with E-state index in [0.717, 1.165) is 30.3 Å². The van der Waals surface area contributed by atoms with E-state index in [1.54, 1.807) is 12.4 Å². The van der Waals surface area contributed by atoms with E-state index >= 15 is 0 Å². The van der Waals surface area contributed by atoms with Gasteiger partial charge in [-0.2, -0.15) is 0 Å². The average Bonchev–Trinajstić information content (AvgIpc) is 2.45. The van der Waals surface area contributed by atoms with Crippen LogP contribution in [0.25, 0.3) is 0 Å². The van der Waals surface area contributed by atoms with Crippen LogP contribution < -0.4 is 5.32 Å². The molecule has 2 rings (SSSR count). The summed E-state index contributed by atoms with van der Waals surface area (Å²) >= 11 is 3.31. The Morgan fingerprint density at radius 2 is 2.09 bits per heavy atom. The molecule has 1 atom stereocenters. The zero-order chi connectivity index (χ0) is 16.2. The summed E-state index contributed by atoms with van der Waals surface area (Å²) in [6.45, 7) is 7.02. The van der Waals surface area contributed by atoms with Crippen LogP contribution in [0.15, 0.2) is 16.9 Å². The van der Waals surface area contributed by atoms with E-state index in [2.05, 4.69) is 31.2 Å².